The quantitative estimate of drug-likeness (QED) is 0.630. The van der Waals surface area contributed by atoms with Crippen LogP contribution in [0.4, 0.5) is 5.82 Å². The fraction of sp³-hybridized carbons (Fsp3) is 0.333. The molecule has 0 fully saturated rings. The van der Waals surface area contributed by atoms with Crippen LogP contribution in [0.5, 0.6) is 5.88 Å². The fourth-order valence-corrected chi connectivity index (χ4v) is 2.25. The van der Waals surface area contributed by atoms with E-state index in [1.807, 2.05) is 0 Å². The first-order chi connectivity index (χ1) is 9.97. The van der Waals surface area contributed by atoms with Crippen molar-refractivity contribution in [1.29, 1.82) is 0 Å². The second-order valence-corrected chi connectivity index (χ2v) is 5.49. The van der Waals surface area contributed by atoms with E-state index in [0.29, 0.717) is 16.7 Å². The van der Waals surface area contributed by atoms with Gasteiger partial charge in [0.15, 0.2) is 11.0 Å². The van der Waals surface area contributed by atoms with Gasteiger partial charge in [0, 0.05) is 6.07 Å². The van der Waals surface area contributed by atoms with Gasteiger partial charge >= 0.3 is 0 Å². The number of ether oxygens (including phenoxy) is 1. The Morgan fingerprint density at radius 1 is 1.52 bits per heavy atom. The van der Waals surface area contributed by atoms with E-state index in [4.69, 9.17) is 9.26 Å². The van der Waals surface area contributed by atoms with Crippen LogP contribution in [0, 0.1) is 6.92 Å². The number of aromatic amines is 1. The minimum absolute atomic E-state index is 0.195. The molecule has 112 valence electrons. The summed E-state index contributed by atoms with van der Waals surface area (Å²) < 4.78 is 9.77. The third-order valence-corrected chi connectivity index (χ3v) is 3.43. The van der Waals surface area contributed by atoms with Gasteiger partial charge in [-0.15, -0.1) is 0 Å². The number of anilines is 1. The average molecular weight is 310 g/mol. The Kier molecular flexibility index (Phi) is 4.63. The zero-order valence-electron chi connectivity index (χ0n) is 11.7. The molecule has 0 aliphatic rings. The van der Waals surface area contributed by atoms with Crippen molar-refractivity contribution in [3.05, 3.63) is 28.2 Å². The largest absolute Gasteiger partial charge is 0.481 e. The van der Waals surface area contributed by atoms with Gasteiger partial charge in [-0.05, 0) is 13.8 Å². The number of carbonyl (C=O) groups excluding carboxylic acids is 1. The molecule has 1 atom stereocenters. The van der Waals surface area contributed by atoms with Crippen molar-refractivity contribution in [2.24, 2.45) is 0 Å². The summed E-state index contributed by atoms with van der Waals surface area (Å²) in [5.74, 6) is 0.862. The van der Waals surface area contributed by atoms with Crippen molar-refractivity contribution >= 4 is 23.5 Å². The van der Waals surface area contributed by atoms with Gasteiger partial charge in [-0.25, -0.2) is 0 Å². The van der Waals surface area contributed by atoms with Crippen LogP contribution in [0.2, 0.25) is 0 Å². The van der Waals surface area contributed by atoms with Gasteiger partial charge in [0.25, 0.3) is 5.56 Å². The van der Waals surface area contributed by atoms with E-state index in [2.05, 4.69) is 20.4 Å². The maximum absolute atomic E-state index is 12.0. The minimum Gasteiger partial charge on any atom is -0.481 e. The maximum atomic E-state index is 12.0. The number of amides is 1. The van der Waals surface area contributed by atoms with Gasteiger partial charge in [-0.1, -0.05) is 16.9 Å². The lowest BCUT2D eigenvalue weighted by Gasteiger charge is -2.09. The minimum atomic E-state index is -0.489. The summed E-state index contributed by atoms with van der Waals surface area (Å²) in [4.78, 5) is 30.0. The summed E-state index contributed by atoms with van der Waals surface area (Å²) in [6.07, 6.45) is 0. The average Bonchev–Trinajstić information content (AvgIpc) is 2.83. The lowest BCUT2D eigenvalue weighted by molar-refractivity contribution is -0.115. The molecular formula is C12H14N4O4S. The van der Waals surface area contributed by atoms with Gasteiger partial charge in [0.1, 0.15) is 5.76 Å². The van der Waals surface area contributed by atoms with Gasteiger partial charge in [-0.3, -0.25) is 9.59 Å². The van der Waals surface area contributed by atoms with Crippen LogP contribution in [0.15, 0.2) is 26.6 Å². The van der Waals surface area contributed by atoms with E-state index in [1.54, 1.807) is 19.9 Å². The highest BCUT2D eigenvalue weighted by Gasteiger charge is 2.17. The standard InChI is InChI=1S/C12H14N4O4S/c1-6-4-8(16-20-6)13-11(18)7(2)21-12-14-9(17)5-10(15-12)19-3/h4-5,7H,1-3H3,(H,13,16,18)(H,14,15,17)/t7-/m1/s1. The molecule has 2 aromatic heterocycles. The van der Waals surface area contributed by atoms with E-state index in [-0.39, 0.29) is 17.3 Å². The second-order valence-electron chi connectivity index (χ2n) is 4.17. The lowest BCUT2D eigenvalue weighted by atomic mass is 10.4. The molecule has 0 aliphatic carbocycles. The molecule has 0 aromatic carbocycles. The molecule has 2 rings (SSSR count). The molecule has 0 radical (unpaired) electrons. The molecule has 2 N–H and O–H groups in total. The zero-order valence-corrected chi connectivity index (χ0v) is 12.5. The van der Waals surface area contributed by atoms with Crippen LogP contribution in [0.1, 0.15) is 12.7 Å². The van der Waals surface area contributed by atoms with Crippen LogP contribution < -0.4 is 15.6 Å². The number of hydrogen-bond acceptors (Lipinski definition) is 7. The van der Waals surface area contributed by atoms with Gasteiger partial charge in [-0.2, -0.15) is 4.98 Å². The number of nitrogens with zero attached hydrogens (tertiary/aromatic N) is 2. The number of aryl methyl sites for hydroxylation is 1. The normalized spacial score (nSPS) is 12.0. The van der Waals surface area contributed by atoms with Crippen molar-refractivity contribution in [2.45, 2.75) is 24.3 Å². The Morgan fingerprint density at radius 3 is 2.90 bits per heavy atom. The summed E-state index contributed by atoms with van der Waals surface area (Å²) in [7, 11) is 1.42. The first-order valence-electron chi connectivity index (χ1n) is 6.04. The summed E-state index contributed by atoms with van der Waals surface area (Å²) >= 11 is 1.10. The molecule has 2 aromatic rings. The first kappa shape index (κ1) is 15.1. The monoisotopic (exact) mass is 310 g/mol. The smallest absolute Gasteiger partial charge is 0.255 e. The number of carbonyl (C=O) groups is 1. The summed E-state index contributed by atoms with van der Waals surface area (Å²) in [5, 5.41) is 6.10. The molecule has 8 nitrogen and oxygen atoms in total. The Labute approximate surface area is 124 Å². The maximum Gasteiger partial charge on any atom is 0.255 e. The van der Waals surface area contributed by atoms with Crippen LogP contribution in [0.25, 0.3) is 0 Å². The van der Waals surface area contributed by atoms with Crippen LogP contribution >= 0.6 is 11.8 Å². The van der Waals surface area contributed by atoms with Gasteiger partial charge in [0.2, 0.25) is 11.8 Å². The van der Waals surface area contributed by atoms with Crippen molar-refractivity contribution in [3.8, 4) is 5.88 Å². The Bertz CT molecular complexity index is 697. The highest BCUT2D eigenvalue weighted by molar-refractivity contribution is 8.00. The highest BCUT2D eigenvalue weighted by atomic mass is 32.2. The Balaban J connectivity index is 2.03. The number of aromatic nitrogens is 3. The number of H-pyrrole nitrogens is 1. The van der Waals surface area contributed by atoms with Crippen molar-refractivity contribution in [2.75, 3.05) is 12.4 Å². The van der Waals surface area contributed by atoms with Gasteiger partial charge < -0.3 is 19.6 Å². The highest BCUT2D eigenvalue weighted by Crippen LogP contribution is 2.21. The van der Waals surface area contributed by atoms with Gasteiger partial charge in [0.05, 0.1) is 18.4 Å². The zero-order chi connectivity index (χ0) is 15.4. The molecule has 0 unspecified atom stereocenters. The molecule has 0 saturated heterocycles. The molecule has 21 heavy (non-hydrogen) atoms. The molecule has 0 bridgehead atoms. The third kappa shape index (κ3) is 4.09. The van der Waals surface area contributed by atoms with Crippen LogP contribution in [-0.4, -0.2) is 33.4 Å². The molecule has 0 spiro atoms. The number of thioether (sulfide) groups is 1. The Morgan fingerprint density at radius 2 is 2.29 bits per heavy atom. The number of methoxy groups -OCH3 is 1. The van der Waals surface area contributed by atoms with Crippen molar-refractivity contribution in [3.63, 3.8) is 0 Å². The summed E-state index contributed by atoms with van der Waals surface area (Å²) in [5.41, 5.74) is -0.343. The molecule has 0 saturated carbocycles. The molecule has 9 heteroatoms. The third-order valence-electron chi connectivity index (χ3n) is 2.44. The van der Waals surface area contributed by atoms with E-state index in [1.165, 1.54) is 13.2 Å². The molecular weight excluding hydrogens is 296 g/mol. The number of hydrogen-bond donors (Lipinski definition) is 2. The molecule has 0 aliphatic heterocycles. The van der Waals surface area contributed by atoms with Crippen molar-refractivity contribution < 1.29 is 14.1 Å². The fourth-order valence-electron chi connectivity index (χ4n) is 1.45. The predicted molar refractivity (Wildman–Crippen MR) is 76.6 cm³/mol. The number of rotatable bonds is 5. The van der Waals surface area contributed by atoms with E-state index in [9.17, 15) is 9.59 Å². The van der Waals surface area contributed by atoms with E-state index >= 15 is 0 Å². The SMILES string of the molecule is COc1cc(=O)[nH]c(S[C@H](C)C(=O)Nc2cc(C)on2)n1. The number of nitrogens with one attached hydrogen (secondary N) is 2. The van der Waals surface area contributed by atoms with Crippen LogP contribution in [0.3, 0.4) is 0 Å². The second kappa shape index (κ2) is 6.44. The lowest BCUT2D eigenvalue weighted by Crippen LogP contribution is -2.23. The van der Waals surface area contributed by atoms with Crippen molar-refractivity contribution in [1.82, 2.24) is 15.1 Å². The molecule has 1 amide bonds. The predicted octanol–water partition coefficient (Wildman–Crippen LogP) is 1.19. The summed E-state index contributed by atoms with van der Waals surface area (Å²) in [6.45, 7) is 3.41. The molecule has 2 heterocycles. The van der Waals surface area contributed by atoms with Crippen LogP contribution in [-0.2, 0) is 4.79 Å². The van der Waals surface area contributed by atoms with E-state index in [0.717, 1.165) is 11.8 Å². The van der Waals surface area contributed by atoms with E-state index < -0.39 is 5.25 Å². The summed E-state index contributed by atoms with van der Waals surface area (Å²) in [6, 6.07) is 2.84. The Hall–Kier alpha value is -2.29. The topological polar surface area (TPSA) is 110 Å². The first-order valence-corrected chi connectivity index (χ1v) is 6.92.